The van der Waals surface area contributed by atoms with Crippen molar-refractivity contribution >= 4 is 23.0 Å². The number of nitrogens with zero attached hydrogens (tertiary/aromatic N) is 2. The highest BCUT2D eigenvalue weighted by atomic mass is 32.1. The Morgan fingerprint density at radius 1 is 1.25 bits per heavy atom. The summed E-state index contributed by atoms with van der Waals surface area (Å²) in [6, 6.07) is 10.7. The van der Waals surface area contributed by atoms with Gasteiger partial charge in [0.2, 0.25) is 0 Å². The van der Waals surface area contributed by atoms with Gasteiger partial charge in [-0.05, 0) is 36.5 Å². The molecule has 4 nitrogen and oxygen atoms in total. The van der Waals surface area contributed by atoms with E-state index in [9.17, 15) is 0 Å². The van der Waals surface area contributed by atoms with Gasteiger partial charge in [0.15, 0.2) is 5.82 Å². The third-order valence-electron chi connectivity index (χ3n) is 3.67. The molecule has 0 amide bonds. The first kappa shape index (κ1) is 13.0. The maximum absolute atomic E-state index is 5.72. The Hall–Kier alpha value is -2.01. The SMILES string of the molecule is NC(=S)c1ccnnc1NC1CCc2ccccc2C1. The maximum atomic E-state index is 5.72. The summed E-state index contributed by atoms with van der Waals surface area (Å²) < 4.78 is 0. The van der Waals surface area contributed by atoms with Crippen LogP contribution in [0.2, 0.25) is 0 Å². The van der Waals surface area contributed by atoms with Crippen molar-refractivity contribution in [3.05, 3.63) is 53.2 Å². The molecule has 102 valence electrons. The van der Waals surface area contributed by atoms with Crippen LogP contribution in [-0.2, 0) is 12.8 Å². The van der Waals surface area contributed by atoms with E-state index in [4.69, 9.17) is 18.0 Å². The molecule has 0 aliphatic heterocycles. The Labute approximate surface area is 123 Å². The van der Waals surface area contributed by atoms with Gasteiger partial charge in [-0.1, -0.05) is 36.5 Å². The summed E-state index contributed by atoms with van der Waals surface area (Å²) in [4.78, 5) is 0.346. The smallest absolute Gasteiger partial charge is 0.159 e. The molecule has 1 aliphatic rings. The van der Waals surface area contributed by atoms with Crippen LogP contribution < -0.4 is 11.1 Å². The van der Waals surface area contributed by atoms with E-state index in [1.807, 2.05) is 0 Å². The molecule has 0 spiro atoms. The fourth-order valence-electron chi connectivity index (χ4n) is 2.65. The molecule has 5 heteroatoms. The second kappa shape index (κ2) is 5.54. The predicted octanol–water partition coefficient (Wildman–Crippen LogP) is 2.08. The minimum Gasteiger partial charge on any atom is -0.389 e. The number of fused-ring (bicyclic) bond motifs is 1. The van der Waals surface area contributed by atoms with Crippen molar-refractivity contribution in [1.82, 2.24) is 10.2 Å². The van der Waals surface area contributed by atoms with Gasteiger partial charge in [0.25, 0.3) is 0 Å². The quantitative estimate of drug-likeness (QED) is 0.845. The fourth-order valence-corrected chi connectivity index (χ4v) is 2.82. The third kappa shape index (κ3) is 2.63. The Morgan fingerprint density at radius 3 is 2.85 bits per heavy atom. The standard InChI is InChI=1S/C15H16N4S/c16-14(20)13-7-8-17-19-15(13)18-12-6-5-10-3-1-2-4-11(10)9-12/h1-4,7-8,12H,5-6,9H2,(H2,16,20)(H,18,19). The summed E-state index contributed by atoms with van der Waals surface area (Å²) >= 11 is 5.05. The minimum atomic E-state index is 0.342. The molecular formula is C15H16N4S. The van der Waals surface area contributed by atoms with Crippen molar-refractivity contribution in [2.24, 2.45) is 5.73 Å². The van der Waals surface area contributed by atoms with E-state index >= 15 is 0 Å². The van der Waals surface area contributed by atoms with Crippen molar-refractivity contribution in [2.75, 3.05) is 5.32 Å². The zero-order valence-electron chi connectivity index (χ0n) is 11.0. The van der Waals surface area contributed by atoms with E-state index in [-0.39, 0.29) is 0 Å². The van der Waals surface area contributed by atoms with Gasteiger partial charge in [-0.3, -0.25) is 0 Å². The molecule has 0 saturated heterocycles. The Balaban J connectivity index is 1.79. The highest BCUT2D eigenvalue weighted by Gasteiger charge is 2.19. The molecule has 2 aromatic rings. The van der Waals surface area contributed by atoms with Crippen LogP contribution in [0.15, 0.2) is 36.5 Å². The summed E-state index contributed by atoms with van der Waals surface area (Å²) in [6.45, 7) is 0. The molecule has 0 bridgehead atoms. The first-order valence-electron chi connectivity index (χ1n) is 6.69. The van der Waals surface area contributed by atoms with Crippen molar-refractivity contribution in [2.45, 2.75) is 25.3 Å². The topological polar surface area (TPSA) is 63.8 Å². The molecule has 0 fully saturated rings. The van der Waals surface area contributed by atoms with Gasteiger partial charge in [0, 0.05) is 6.04 Å². The highest BCUT2D eigenvalue weighted by molar-refractivity contribution is 7.80. The zero-order chi connectivity index (χ0) is 13.9. The number of nitrogens with two attached hydrogens (primary N) is 1. The van der Waals surface area contributed by atoms with Crippen LogP contribution in [0.3, 0.4) is 0 Å². The number of hydrogen-bond donors (Lipinski definition) is 2. The normalized spacial score (nSPS) is 17.3. The summed E-state index contributed by atoms with van der Waals surface area (Å²) in [5.74, 6) is 0.685. The second-order valence-electron chi connectivity index (χ2n) is 5.01. The molecule has 1 atom stereocenters. The van der Waals surface area contributed by atoms with Crippen LogP contribution in [0.4, 0.5) is 5.82 Å². The van der Waals surface area contributed by atoms with Gasteiger partial charge in [-0.2, -0.15) is 5.10 Å². The average molecular weight is 284 g/mol. The minimum absolute atomic E-state index is 0.342. The Bertz CT molecular complexity index is 641. The van der Waals surface area contributed by atoms with Crippen molar-refractivity contribution < 1.29 is 0 Å². The van der Waals surface area contributed by atoms with Crippen molar-refractivity contribution in [3.8, 4) is 0 Å². The number of benzene rings is 1. The van der Waals surface area contributed by atoms with Crippen molar-refractivity contribution in [3.63, 3.8) is 0 Å². The van der Waals surface area contributed by atoms with Crippen LogP contribution in [-0.4, -0.2) is 21.2 Å². The summed E-state index contributed by atoms with van der Waals surface area (Å²) in [5.41, 5.74) is 9.32. The van der Waals surface area contributed by atoms with Crippen LogP contribution in [0.25, 0.3) is 0 Å². The van der Waals surface area contributed by atoms with Gasteiger partial charge < -0.3 is 11.1 Å². The first-order chi connectivity index (χ1) is 9.74. The molecular weight excluding hydrogens is 268 g/mol. The van der Waals surface area contributed by atoms with Crippen LogP contribution in [0.1, 0.15) is 23.1 Å². The lowest BCUT2D eigenvalue weighted by Crippen LogP contribution is -2.29. The number of aromatic nitrogens is 2. The molecule has 1 unspecified atom stereocenters. The molecule has 1 aliphatic carbocycles. The van der Waals surface area contributed by atoms with E-state index < -0.39 is 0 Å². The molecule has 0 radical (unpaired) electrons. The largest absolute Gasteiger partial charge is 0.389 e. The Kier molecular flexibility index (Phi) is 3.60. The summed E-state index contributed by atoms with van der Waals surface area (Å²) in [7, 11) is 0. The van der Waals surface area contributed by atoms with Gasteiger partial charge >= 0.3 is 0 Å². The van der Waals surface area contributed by atoms with Gasteiger partial charge in [-0.25, -0.2) is 0 Å². The van der Waals surface area contributed by atoms with E-state index in [1.54, 1.807) is 12.3 Å². The van der Waals surface area contributed by atoms with Crippen molar-refractivity contribution in [1.29, 1.82) is 0 Å². The number of aryl methyl sites for hydroxylation is 1. The molecule has 1 aromatic heterocycles. The van der Waals surface area contributed by atoms with E-state index in [2.05, 4.69) is 39.8 Å². The molecule has 3 rings (SSSR count). The number of anilines is 1. The second-order valence-corrected chi connectivity index (χ2v) is 5.45. The molecule has 1 heterocycles. The van der Waals surface area contributed by atoms with Gasteiger partial charge in [-0.15, -0.1) is 5.10 Å². The van der Waals surface area contributed by atoms with Gasteiger partial charge in [0.05, 0.1) is 11.8 Å². The van der Waals surface area contributed by atoms with E-state index in [1.165, 1.54) is 11.1 Å². The van der Waals surface area contributed by atoms with E-state index in [0.29, 0.717) is 16.8 Å². The maximum Gasteiger partial charge on any atom is 0.159 e. The van der Waals surface area contributed by atoms with Gasteiger partial charge in [0.1, 0.15) is 4.99 Å². The lowest BCUT2D eigenvalue weighted by molar-refractivity contribution is 0.607. The van der Waals surface area contributed by atoms with E-state index in [0.717, 1.165) is 24.8 Å². The average Bonchev–Trinajstić information content (AvgIpc) is 2.47. The molecule has 20 heavy (non-hydrogen) atoms. The molecule has 1 aromatic carbocycles. The molecule has 3 N–H and O–H groups in total. The lowest BCUT2D eigenvalue weighted by Gasteiger charge is -2.26. The number of hydrogen-bond acceptors (Lipinski definition) is 4. The fraction of sp³-hybridized carbons (Fsp3) is 0.267. The number of nitrogens with one attached hydrogen (secondary N) is 1. The first-order valence-corrected chi connectivity index (χ1v) is 7.09. The summed E-state index contributed by atoms with van der Waals surface area (Å²) in [5, 5.41) is 11.5. The molecule has 0 saturated carbocycles. The number of thiocarbonyl (C=S) groups is 1. The summed E-state index contributed by atoms with van der Waals surface area (Å²) in [6.07, 6.45) is 4.75. The lowest BCUT2D eigenvalue weighted by atomic mass is 9.88. The zero-order valence-corrected chi connectivity index (χ0v) is 11.9. The third-order valence-corrected chi connectivity index (χ3v) is 3.89. The van der Waals surface area contributed by atoms with Crippen LogP contribution in [0.5, 0.6) is 0 Å². The Morgan fingerprint density at radius 2 is 2.05 bits per heavy atom. The van der Waals surface area contributed by atoms with Crippen LogP contribution in [0, 0.1) is 0 Å². The predicted molar refractivity (Wildman–Crippen MR) is 83.8 cm³/mol. The highest BCUT2D eigenvalue weighted by Crippen LogP contribution is 2.23. The van der Waals surface area contributed by atoms with Crippen LogP contribution >= 0.6 is 12.2 Å². The number of rotatable bonds is 3. The monoisotopic (exact) mass is 284 g/mol.